The van der Waals surface area contributed by atoms with E-state index in [0.29, 0.717) is 0 Å². The molecule has 0 radical (unpaired) electrons. The number of para-hydroxylation sites is 1. The molecule has 1 aromatic carbocycles. The molecule has 0 fully saturated rings. The predicted molar refractivity (Wildman–Crippen MR) is 82.2 cm³/mol. The van der Waals surface area contributed by atoms with Crippen LogP contribution in [0.1, 0.15) is 12.5 Å². The summed E-state index contributed by atoms with van der Waals surface area (Å²) in [5.41, 5.74) is -0.938. The first-order valence-electron chi connectivity index (χ1n) is 6.56. The van der Waals surface area contributed by atoms with Crippen LogP contribution in [0.2, 0.25) is 0 Å². The number of phenols is 1. The Bertz CT molecular complexity index is 778. The van der Waals surface area contributed by atoms with Crippen LogP contribution in [0.15, 0.2) is 42.7 Å². The first-order valence-corrected chi connectivity index (χ1v) is 9.94. The molecular weight excluding hydrogens is 408 g/mol. The van der Waals surface area contributed by atoms with Gasteiger partial charge in [0.1, 0.15) is 0 Å². The van der Waals surface area contributed by atoms with Gasteiger partial charge in [0.25, 0.3) is 0 Å². The minimum Gasteiger partial charge on any atom is -0.264 e. The minimum atomic E-state index is -5.14. The van der Waals surface area contributed by atoms with Crippen LogP contribution in [0.25, 0.3) is 0 Å². The van der Waals surface area contributed by atoms with E-state index in [1.807, 2.05) is 0 Å². The van der Waals surface area contributed by atoms with Gasteiger partial charge in [-0.2, -0.15) is 13.2 Å². The third-order valence-electron chi connectivity index (χ3n) is 2.62. The maximum absolute atomic E-state index is 11.7. The second-order valence-corrected chi connectivity index (χ2v) is 7.93. The molecule has 0 aliphatic carbocycles. The van der Waals surface area contributed by atoms with Gasteiger partial charge in [0.15, 0.2) is 0 Å². The molecule has 136 valence electrons. The Kier molecular flexibility index (Phi) is 6.80. The fraction of sp³-hybridized carbons (Fsp3) is 0.143. The van der Waals surface area contributed by atoms with Gasteiger partial charge in [-0.15, -0.1) is 0 Å². The average Bonchev–Trinajstić information content (AvgIpc) is 2.48. The molecule has 2 rings (SSSR count). The van der Waals surface area contributed by atoms with E-state index in [1.165, 1.54) is 37.4 Å². The summed E-state index contributed by atoms with van der Waals surface area (Å²) in [6.45, 7) is 1.18. The van der Waals surface area contributed by atoms with Gasteiger partial charge in [-0.1, -0.05) is 0 Å². The predicted octanol–water partition coefficient (Wildman–Crippen LogP) is 1.01. The zero-order chi connectivity index (χ0) is 19.3. The Balaban J connectivity index is 0.000000271. The first-order chi connectivity index (χ1) is 11.4. The van der Waals surface area contributed by atoms with E-state index in [4.69, 9.17) is 8.19 Å². The van der Waals surface area contributed by atoms with Crippen molar-refractivity contribution < 1.29 is 35.0 Å². The van der Waals surface area contributed by atoms with Crippen LogP contribution in [0.5, 0.6) is 5.75 Å². The van der Waals surface area contributed by atoms with Crippen molar-refractivity contribution in [2.45, 2.75) is 13.1 Å². The number of hydrogen-bond acceptors (Lipinski definition) is 4. The van der Waals surface area contributed by atoms with E-state index in [2.05, 4.69) is 10.3 Å². The van der Waals surface area contributed by atoms with Gasteiger partial charge in [0.05, 0.1) is 5.56 Å². The number of carbonyl (C=O) groups excluding carboxylic acids is 1. The molecule has 4 N–H and O–H groups in total. The zero-order valence-corrected chi connectivity index (χ0v) is 14.6. The summed E-state index contributed by atoms with van der Waals surface area (Å²) in [7, 11) is 0. The van der Waals surface area contributed by atoms with E-state index in [9.17, 15) is 26.8 Å². The van der Waals surface area contributed by atoms with E-state index in [-0.39, 0.29) is 15.8 Å². The number of nitrogens with one attached hydrogen (secondary N) is 1. The van der Waals surface area contributed by atoms with Gasteiger partial charge >= 0.3 is 94.3 Å². The molecule has 2 aromatic rings. The number of pyridine rings is 1. The number of halogens is 3. The smallest absolute Gasteiger partial charge is 0.264 e. The van der Waals surface area contributed by atoms with Crippen LogP contribution in [-0.4, -0.2) is 38.4 Å². The average molecular weight is 422 g/mol. The van der Waals surface area contributed by atoms with Gasteiger partial charge in [0.2, 0.25) is 0 Å². The summed E-state index contributed by atoms with van der Waals surface area (Å²) >= 11 is -5.14. The molecule has 0 saturated carbocycles. The van der Waals surface area contributed by atoms with Crippen LogP contribution in [-0.2, 0) is 14.7 Å². The van der Waals surface area contributed by atoms with Crippen LogP contribution in [0.4, 0.5) is 18.9 Å². The SMILES string of the molecule is CC(=O)Nc1c(O)cccc1[As](=O)(O)O.FC(F)(F)c1cccnc1. The summed E-state index contributed by atoms with van der Waals surface area (Å²) in [5, 5.41) is 11.5. The van der Waals surface area contributed by atoms with Gasteiger partial charge < -0.3 is 0 Å². The van der Waals surface area contributed by atoms with Gasteiger partial charge in [-0.05, 0) is 12.1 Å². The first kappa shape index (κ1) is 20.8. The fourth-order valence-electron chi connectivity index (χ4n) is 1.61. The summed E-state index contributed by atoms with van der Waals surface area (Å²) in [6, 6.07) is 5.94. The third-order valence-corrected chi connectivity index (χ3v) is 4.72. The maximum atomic E-state index is 11.7. The monoisotopic (exact) mass is 422 g/mol. The molecule has 0 saturated heterocycles. The summed E-state index contributed by atoms with van der Waals surface area (Å²) in [6.07, 6.45) is -2.18. The summed E-state index contributed by atoms with van der Waals surface area (Å²) in [5.74, 6) is -0.880. The Morgan fingerprint density at radius 3 is 2.24 bits per heavy atom. The summed E-state index contributed by atoms with van der Waals surface area (Å²) in [4.78, 5) is 14.1. The van der Waals surface area contributed by atoms with Crippen LogP contribution >= 0.6 is 0 Å². The molecule has 1 heterocycles. The molecule has 1 aromatic heterocycles. The van der Waals surface area contributed by atoms with E-state index >= 15 is 0 Å². The van der Waals surface area contributed by atoms with Crippen LogP contribution in [0.3, 0.4) is 0 Å². The van der Waals surface area contributed by atoms with Crippen molar-refractivity contribution in [3.63, 3.8) is 0 Å². The third kappa shape index (κ3) is 6.61. The number of aromatic nitrogens is 1. The number of amides is 1. The molecule has 7 nitrogen and oxygen atoms in total. The van der Waals surface area contributed by atoms with Crippen LogP contribution in [0, 0.1) is 0 Å². The zero-order valence-electron chi connectivity index (χ0n) is 12.7. The number of carbonyl (C=O) groups is 1. The molecule has 0 aliphatic rings. The Morgan fingerprint density at radius 2 is 1.84 bits per heavy atom. The number of nitrogens with zero attached hydrogens (tertiary/aromatic N) is 1. The number of benzene rings is 1. The topological polar surface area (TPSA) is 120 Å². The fourth-order valence-corrected chi connectivity index (χ4v) is 3.16. The quantitative estimate of drug-likeness (QED) is 0.424. The number of rotatable bonds is 2. The van der Waals surface area contributed by atoms with Crippen molar-refractivity contribution in [1.82, 2.24) is 4.98 Å². The molecule has 0 atom stereocenters. The number of hydrogen-bond donors (Lipinski definition) is 4. The molecule has 0 spiro atoms. The van der Waals surface area contributed by atoms with Gasteiger partial charge in [0, 0.05) is 12.4 Å². The molecule has 0 bridgehead atoms. The minimum absolute atomic E-state index is 0.225. The number of anilines is 1. The van der Waals surface area contributed by atoms with Crippen molar-refractivity contribution in [2.24, 2.45) is 0 Å². The second kappa shape index (κ2) is 8.19. The number of aromatic hydroxyl groups is 1. The Hall–Kier alpha value is -2.29. The Labute approximate surface area is 143 Å². The normalized spacial score (nSPS) is 11.3. The number of phenolic OH excluding ortho intramolecular Hbond substituents is 1. The molecular formula is C14H14AsF3N2O5. The van der Waals surface area contributed by atoms with E-state index in [1.54, 1.807) is 0 Å². The van der Waals surface area contributed by atoms with Gasteiger partial charge in [-0.25, -0.2) is 0 Å². The van der Waals surface area contributed by atoms with Crippen molar-refractivity contribution in [3.8, 4) is 5.75 Å². The van der Waals surface area contributed by atoms with E-state index in [0.717, 1.165) is 12.3 Å². The van der Waals surface area contributed by atoms with Crippen molar-refractivity contribution in [1.29, 1.82) is 0 Å². The number of alkyl halides is 3. The van der Waals surface area contributed by atoms with Gasteiger partial charge in [-0.3, -0.25) is 4.98 Å². The van der Waals surface area contributed by atoms with Crippen molar-refractivity contribution in [3.05, 3.63) is 48.3 Å². The summed E-state index contributed by atoms with van der Waals surface area (Å²) < 4.78 is 64.0. The van der Waals surface area contributed by atoms with E-state index < -0.39 is 31.8 Å². The standard InChI is InChI=1S/C8H10AsNO5.C6H4F3N/c1-5(11)10-8-6(9(13,14)15)3-2-4-7(8)12;7-6(8,9)5-2-1-3-10-4-5/h2-4,12H,1H3,(H,10,11)(H2,13,14,15);1-4H. The molecule has 0 unspecified atom stereocenters. The van der Waals surface area contributed by atoms with Crippen molar-refractivity contribution >= 4 is 30.1 Å². The molecule has 25 heavy (non-hydrogen) atoms. The molecule has 11 heteroatoms. The molecule has 1 amide bonds. The molecule has 0 aliphatic heterocycles. The maximum Gasteiger partial charge on any atom is 0.417 e. The largest absolute Gasteiger partial charge is 0.417 e. The second-order valence-electron chi connectivity index (χ2n) is 4.64. The Morgan fingerprint density at radius 1 is 1.20 bits per heavy atom. The van der Waals surface area contributed by atoms with Crippen molar-refractivity contribution in [2.75, 3.05) is 5.32 Å². The van der Waals surface area contributed by atoms with Crippen LogP contribution < -0.4 is 9.67 Å².